The van der Waals surface area contributed by atoms with Crippen LogP contribution in [0.1, 0.15) is 36.5 Å². The molecule has 1 aromatic rings. The number of anilines is 1. The molecule has 0 bridgehead atoms. The maximum Gasteiger partial charge on any atom is 0.251 e. The van der Waals surface area contributed by atoms with Crippen LogP contribution >= 0.6 is 24.2 Å². The first-order valence-electron chi connectivity index (χ1n) is 8.24. The zero-order valence-corrected chi connectivity index (χ0v) is 15.4. The smallest absolute Gasteiger partial charge is 0.251 e. The van der Waals surface area contributed by atoms with Crippen LogP contribution in [-0.4, -0.2) is 36.7 Å². The Labute approximate surface area is 153 Å². The topological polar surface area (TPSA) is 70.2 Å². The van der Waals surface area contributed by atoms with Crippen molar-refractivity contribution in [2.75, 3.05) is 25.0 Å². The summed E-state index contributed by atoms with van der Waals surface area (Å²) in [6.45, 7) is 4.74. The Kier molecular flexibility index (Phi) is 6.95. The van der Waals surface area contributed by atoms with E-state index in [1.807, 2.05) is 19.1 Å². The van der Waals surface area contributed by atoms with Crippen LogP contribution in [0.3, 0.4) is 0 Å². The summed E-state index contributed by atoms with van der Waals surface area (Å²) in [5.74, 6) is 0.573. The molecule has 1 fully saturated rings. The summed E-state index contributed by atoms with van der Waals surface area (Å²) in [6, 6.07) is 5.51. The van der Waals surface area contributed by atoms with Crippen LogP contribution in [-0.2, 0) is 4.79 Å². The standard InChI is InChI=1S/C17H23N3O2S.ClH/c1-11-16(21)20-14-9-13(4-5-15(14)23-11)17(22)19-8-6-12-3-2-7-18-10-12;/h4-5,9,11-12,18H,2-3,6-8,10H2,1H3,(H,19,22)(H,20,21);1H. The highest BCUT2D eigenvalue weighted by Crippen LogP contribution is 2.35. The Morgan fingerprint density at radius 1 is 1.42 bits per heavy atom. The first kappa shape index (κ1) is 19.1. The summed E-state index contributed by atoms with van der Waals surface area (Å²) in [6.07, 6.45) is 3.47. The third-order valence-electron chi connectivity index (χ3n) is 4.41. The van der Waals surface area contributed by atoms with Crippen LogP contribution in [0.15, 0.2) is 23.1 Å². The number of benzene rings is 1. The van der Waals surface area contributed by atoms with Crippen LogP contribution in [0.5, 0.6) is 0 Å². The Morgan fingerprint density at radius 2 is 2.25 bits per heavy atom. The summed E-state index contributed by atoms with van der Waals surface area (Å²) in [4.78, 5) is 25.0. The highest BCUT2D eigenvalue weighted by atomic mass is 35.5. The summed E-state index contributed by atoms with van der Waals surface area (Å²) < 4.78 is 0. The molecule has 132 valence electrons. The van der Waals surface area contributed by atoms with Crippen molar-refractivity contribution in [2.24, 2.45) is 5.92 Å². The highest BCUT2D eigenvalue weighted by molar-refractivity contribution is 8.00. The summed E-state index contributed by atoms with van der Waals surface area (Å²) >= 11 is 1.53. The second-order valence-electron chi connectivity index (χ2n) is 6.22. The molecule has 3 N–H and O–H groups in total. The number of nitrogens with one attached hydrogen (secondary N) is 3. The molecular formula is C17H24ClN3O2S. The zero-order chi connectivity index (χ0) is 16.2. The van der Waals surface area contributed by atoms with E-state index in [0.717, 1.165) is 30.1 Å². The van der Waals surface area contributed by atoms with Crippen molar-refractivity contribution in [2.45, 2.75) is 36.3 Å². The van der Waals surface area contributed by atoms with Gasteiger partial charge < -0.3 is 16.0 Å². The molecule has 2 aliphatic heterocycles. The molecule has 5 nitrogen and oxygen atoms in total. The second-order valence-corrected chi connectivity index (χ2v) is 7.60. The SMILES string of the molecule is CC1Sc2ccc(C(=O)NCCC3CCCNC3)cc2NC1=O.Cl. The molecule has 2 atom stereocenters. The van der Waals surface area contributed by atoms with Gasteiger partial charge in [0, 0.05) is 17.0 Å². The van der Waals surface area contributed by atoms with Crippen LogP contribution < -0.4 is 16.0 Å². The molecule has 0 aliphatic carbocycles. The average molecular weight is 370 g/mol. The number of carbonyl (C=O) groups excluding carboxylic acids is 2. The van der Waals surface area contributed by atoms with Crippen LogP contribution in [0, 0.1) is 5.92 Å². The van der Waals surface area contributed by atoms with Crippen molar-refractivity contribution in [3.05, 3.63) is 23.8 Å². The lowest BCUT2D eigenvalue weighted by molar-refractivity contribution is -0.115. The molecule has 2 unspecified atom stereocenters. The minimum absolute atomic E-state index is 0. The number of halogens is 1. The molecule has 0 spiro atoms. The number of rotatable bonds is 4. The van der Waals surface area contributed by atoms with E-state index in [2.05, 4.69) is 16.0 Å². The molecular weight excluding hydrogens is 346 g/mol. The molecule has 2 aliphatic rings. The molecule has 0 radical (unpaired) electrons. The predicted octanol–water partition coefficient (Wildman–Crippen LogP) is 2.66. The largest absolute Gasteiger partial charge is 0.352 e. The maximum atomic E-state index is 12.3. The number of piperidine rings is 1. The zero-order valence-electron chi connectivity index (χ0n) is 13.8. The van der Waals surface area contributed by atoms with Gasteiger partial charge in [0.2, 0.25) is 5.91 Å². The van der Waals surface area contributed by atoms with Gasteiger partial charge in [-0.25, -0.2) is 0 Å². The van der Waals surface area contributed by atoms with Crippen molar-refractivity contribution in [3.63, 3.8) is 0 Å². The Hall–Kier alpha value is -1.24. The first-order valence-corrected chi connectivity index (χ1v) is 9.12. The molecule has 3 rings (SSSR count). The average Bonchev–Trinajstić information content (AvgIpc) is 2.56. The van der Waals surface area contributed by atoms with Gasteiger partial charge in [-0.15, -0.1) is 24.2 Å². The maximum absolute atomic E-state index is 12.3. The van der Waals surface area contributed by atoms with Gasteiger partial charge in [0.05, 0.1) is 10.9 Å². The second kappa shape index (κ2) is 8.74. The summed E-state index contributed by atoms with van der Waals surface area (Å²) in [5, 5.41) is 9.15. The quantitative estimate of drug-likeness (QED) is 0.763. The molecule has 2 amide bonds. The van der Waals surface area contributed by atoms with E-state index in [0.29, 0.717) is 18.0 Å². The minimum atomic E-state index is -0.0914. The van der Waals surface area contributed by atoms with Crippen LogP contribution in [0.25, 0.3) is 0 Å². The molecule has 1 aromatic carbocycles. The number of thioether (sulfide) groups is 1. The molecule has 7 heteroatoms. The van der Waals surface area contributed by atoms with Gasteiger partial charge in [0.1, 0.15) is 0 Å². The third-order valence-corrected chi connectivity index (χ3v) is 5.59. The fourth-order valence-corrected chi connectivity index (χ4v) is 3.94. The van der Waals surface area contributed by atoms with E-state index in [-0.39, 0.29) is 29.5 Å². The van der Waals surface area contributed by atoms with Gasteiger partial charge in [-0.2, -0.15) is 0 Å². The number of carbonyl (C=O) groups is 2. The van der Waals surface area contributed by atoms with E-state index in [9.17, 15) is 9.59 Å². The lowest BCUT2D eigenvalue weighted by atomic mass is 9.96. The van der Waals surface area contributed by atoms with Gasteiger partial charge in [0.25, 0.3) is 5.91 Å². The van der Waals surface area contributed by atoms with Gasteiger partial charge in [-0.1, -0.05) is 0 Å². The van der Waals surface area contributed by atoms with E-state index in [1.165, 1.54) is 24.6 Å². The fourth-order valence-electron chi connectivity index (χ4n) is 3.01. The van der Waals surface area contributed by atoms with E-state index < -0.39 is 0 Å². The van der Waals surface area contributed by atoms with Gasteiger partial charge in [-0.3, -0.25) is 9.59 Å². The Morgan fingerprint density at radius 3 is 3.00 bits per heavy atom. The lowest BCUT2D eigenvalue weighted by Gasteiger charge is -2.23. The van der Waals surface area contributed by atoms with Gasteiger partial charge in [0.15, 0.2) is 0 Å². The minimum Gasteiger partial charge on any atom is -0.352 e. The third kappa shape index (κ3) is 4.65. The van der Waals surface area contributed by atoms with Gasteiger partial charge in [-0.05, 0) is 63.4 Å². The summed E-state index contributed by atoms with van der Waals surface area (Å²) in [7, 11) is 0. The van der Waals surface area contributed by atoms with E-state index >= 15 is 0 Å². The van der Waals surface area contributed by atoms with Crippen LogP contribution in [0.4, 0.5) is 5.69 Å². The van der Waals surface area contributed by atoms with Crippen molar-refractivity contribution in [3.8, 4) is 0 Å². The van der Waals surface area contributed by atoms with Crippen molar-refractivity contribution in [1.29, 1.82) is 0 Å². The van der Waals surface area contributed by atoms with Gasteiger partial charge >= 0.3 is 0 Å². The van der Waals surface area contributed by atoms with Crippen molar-refractivity contribution in [1.82, 2.24) is 10.6 Å². The van der Waals surface area contributed by atoms with Crippen molar-refractivity contribution >= 4 is 41.7 Å². The van der Waals surface area contributed by atoms with E-state index in [1.54, 1.807) is 6.07 Å². The number of amides is 2. The Balaban J connectivity index is 0.00000208. The number of hydrogen-bond donors (Lipinski definition) is 3. The lowest BCUT2D eigenvalue weighted by Crippen LogP contribution is -2.33. The highest BCUT2D eigenvalue weighted by Gasteiger charge is 2.23. The Bertz CT molecular complexity index is 605. The normalized spacial score (nSPS) is 22.8. The van der Waals surface area contributed by atoms with E-state index in [4.69, 9.17) is 0 Å². The molecule has 1 saturated heterocycles. The molecule has 0 saturated carbocycles. The van der Waals surface area contributed by atoms with Crippen LogP contribution in [0.2, 0.25) is 0 Å². The monoisotopic (exact) mass is 369 g/mol. The summed E-state index contributed by atoms with van der Waals surface area (Å²) in [5.41, 5.74) is 1.34. The molecule has 2 heterocycles. The fraction of sp³-hybridized carbons (Fsp3) is 0.529. The first-order chi connectivity index (χ1) is 11.1. The molecule has 24 heavy (non-hydrogen) atoms. The molecule has 0 aromatic heterocycles. The number of fused-ring (bicyclic) bond motifs is 1. The predicted molar refractivity (Wildman–Crippen MR) is 100 cm³/mol. The number of hydrogen-bond acceptors (Lipinski definition) is 4. The van der Waals surface area contributed by atoms with Crippen molar-refractivity contribution < 1.29 is 9.59 Å².